The molecule has 0 heterocycles. The molecule has 2 heteroatoms. The van der Waals surface area contributed by atoms with E-state index < -0.39 is 5.67 Å². The van der Waals surface area contributed by atoms with Crippen LogP contribution in [0.2, 0.25) is 0 Å². The molecule has 12 heavy (non-hydrogen) atoms. The summed E-state index contributed by atoms with van der Waals surface area (Å²) >= 11 is 3.26. The minimum absolute atomic E-state index is 0.174. The highest BCUT2D eigenvalue weighted by Crippen LogP contribution is 2.33. The van der Waals surface area contributed by atoms with Crippen LogP contribution in [0.4, 0.5) is 4.39 Å². The van der Waals surface area contributed by atoms with Gasteiger partial charge in [0.25, 0.3) is 0 Å². The second-order valence-corrected chi connectivity index (χ2v) is 4.43. The van der Waals surface area contributed by atoms with E-state index in [0.717, 1.165) is 5.56 Å². The van der Waals surface area contributed by atoms with Crippen LogP contribution in [0.15, 0.2) is 30.3 Å². The number of alkyl halides is 2. The fourth-order valence-corrected chi connectivity index (χ4v) is 1.26. The molecule has 1 rings (SSSR count). The molecule has 2 atom stereocenters. The van der Waals surface area contributed by atoms with E-state index in [-0.39, 0.29) is 4.83 Å². The van der Waals surface area contributed by atoms with Crippen LogP contribution in [0.1, 0.15) is 19.4 Å². The maximum Gasteiger partial charge on any atom is 0.145 e. The highest BCUT2D eigenvalue weighted by Gasteiger charge is 2.30. The van der Waals surface area contributed by atoms with Crippen molar-refractivity contribution in [3.8, 4) is 0 Å². The van der Waals surface area contributed by atoms with Gasteiger partial charge in [0.2, 0.25) is 0 Å². The summed E-state index contributed by atoms with van der Waals surface area (Å²) in [5, 5.41) is 0. The molecule has 1 aromatic rings. The molecule has 1 aromatic carbocycles. The van der Waals surface area contributed by atoms with Crippen molar-refractivity contribution in [3.63, 3.8) is 0 Å². The third-order valence-corrected chi connectivity index (χ3v) is 2.95. The molecule has 0 saturated carbocycles. The first-order valence-corrected chi connectivity index (χ1v) is 4.85. The van der Waals surface area contributed by atoms with Gasteiger partial charge in [0.15, 0.2) is 0 Å². The smallest absolute Gasteiger partial charge is 0.145 e. The summed E-state index contributed by atoms with van der Waals surface area (Å²) in [6.45, 7) is 3.40. The van der Waals surface area contributed by atoms with Crippen LogP contribution in [-0.4, -0.2) is 4.83 Å². The van der Waals surface area contributed by atoms with E-state index >= 15 is 0 Å². The van der Waals surface area contributed by atoms with E-state index in [0.29, 0.717) is 0 Å². The lowest BCUT2D eigenvalue weighted by Gasteiger charge is -2.23. The fourth-order valence-electron chi connectivity index (χ4n) is 0.994. The maximum absolute atomic E-state index is 13.9. The fraction of sp³-hybridized carbons (Fsp3) is 0.400. The molecule has 66 valence electrons. The van der Waals surface area contributed by atoms with Crippen molar-refractivity contribution in [2.75, 3.05) is 0 Å². The van der Waals surface area contributed by atoms with Crippen LogP contribution in [0.5, 0.6) is 0 Å². The maximum atomic E-state index is 13.9. The van der Waals surface area contributed by atoms with Crippen molar-refractivity contribution >= 4 is 15.9 Å². The monoisotopic (exact) mass is 230 g/mol. The first kappa shape index (κ1) is 9.72. The molecule has 2 unspecified atom stereocenters. The van der Waals surface area contributed by atoms with Gasteiger partial charge in [-0.2, -0.15) is 0 Å². The number of hydrogen-bond donors (Lipinski definition) is 0. The zero-order chi connectivity index (χ0) is 9.19. The highest BCUT2D eigenvalue weighted by molar-refractivity contribution is 9.09. The minimum Gasteiger partial charge on any atom is -0.238 e. The summed E-state index contributed by atoms with van der Waals surface area (Å²) in [5.41, 5.74) is -0.573. The van der Waals surface area contributed by atoms with E-state index in [4.69, 9.17) is 0 Å². The van der Waals surface area contributed by atoms with Crippen LogP contribution in [0.3, 0.4) is 0 Å². The summed E-state index contributed by atoms with van der Waals surface area (Å²) in [5.74, 6) is 0. The summed E-state index contributed by atoms with van der Waals surface area (Å²) < 4.78 is 13.9. The van der Waals surface area contributed by atoms with E-state index in [1.165, 1.54) is 0 Å². The summed E-state index contributed by atoms with van der Waals surface area (Å²) in [6, 6.07) is 9.19. The Kier molecular flexibility index (Phi) is 2.89. The molecular weight excluding hydrogens is 219 g/mol. The lowest BCUT2D eigenvalue weighted by molar-refractivity contribution is 0.196. The molecule has 0 aliphatic heterocycles. The van der Waals surface area contributed by atoms with Crippen LogP contribution < -0.4 is 0 Å². The first-order valence-electron chi connectivity index (χ1n) is 3.93. The largest absolute Gasteiger partial charge is 0.238 e. The van der Waals surface area contributed by atoms with E-state index in [1.54, 1.807) is 19.1 Å². The van der Waals surface area contributed by atoms with Gasteiger partial charge in [-0.1, -0.05) is 46.3 Å². The summed E-state index contributed by atoms with van der Waals surface area (Å²) in [7, 11) is 0. The Morgan fingerprint density at radius 1 is 1.33 bits per heavy atom. The Hall–Kier alpha value is -0.370. The normalized spacial score (nSPS) is 18.3. The molecule has 0 fully saturated rings. The quantitative estimate of drug-likeness (QED) is 0.681. The van der Waals surface area contributed by atoms with Gasteiger partial charge in [0.1, 0.15) is 5.67 Å². The average Bonchev–Trinajstić information content (AvgIpc) is 2.06. The van der Waals surface area contributed by atoms with Crippen molar-refractivity contribution in [2.45, 2.75) is 24.3 Å². The van der Waals surface area contributed by atoms with Gasteiger partial charge in [0, 0.05) is 4.83 Å². The van der Waals surface area contributed by atoms with Gasteiger partial charge < -0.3 is 0 Å². The highest BCUT2D eigenvalue weighted by atomic mass is 79.9. The Morgan fingerprint density at radius 2 is 1.83 bits per heavy atom. The van der Waals surface area contributed by atoms with Crippen molar-refractivity contribution in [2.24, 2.45) is 0 Å². The lowest BCUT2D eigenvalue weighted by atomic mass is 9.95. The summed E-state index contributed by atoms with van der Waals surface area (Å²) in [6.07, 6.45) is 0. The number of rotatable bonds is 2. The second-order valence-electron chi connectivity index (χ2n) is 3.06. The molecule has 0 bridgehead atoms. The van der Waals surface area contributed by atoms with Crippen LogP contribution in [-0.2, 0) is 5.67 Å². The zero-order valence-electron chi connectivity index (χ0n) is 7.22. The van der Waals surface area contributed by atoms with E-state index in [2.05, 4.69) is 15.9 Å². The predicted octanol–water partition coefficient (Wildman–Crippen LogP) is 3.65. The molecule has 0 aliphatic rings. The van der Waals surface area contributed by atoms with Crippen LogP contribution in [0.25, 0.3) is 0 Å². The standard InChI is InChI=1S/C10H12BrF/c1-8(11)10(2,12)9-6-4-3-5-7-9/h3-8H,1-2H3. The van der Waals surface area contributed by atoms with Gasteiger partial charge in [-0.15, -0.1) is 0 Å². The topological polar surface area (TPSA) is 0 Å². The molecule has 0 aromatic heterocycles. The van der Waals surface area contributed by atoms with Crippen LogP contribution >= 0.6 is 15.9 Å². The summed E-state index contributed by atoms with van der Waals surface area (Å²) in [4.78, 5) is -0.174. The second kappa shape index (κ2) is 3.56. The molecule has 0 spiro atoms. The van der Waals surface area contributed by atoms with Crippen molar-refractivity contribution in [3.05, 3.63) is 35.9 Å². The Labute approximate surface area is 80.9 Å². The lowest BCUT2D eigenvalue weighted by Crippen LogP contribution is -2.24. The molecule has 0 aliphatic carbocycles. The minimum atomic E-state index is -1.29. The predicted molar refractivity (Wildman–Crippen MR) is 53.3 cm³/mol. The van der Waals surface area contributed by atoms with Crippen molar-refractivity contribution in [1.29, 1.82) is 0 Å². The van der Waals surface area contributed by atoms with Gasteiger partial charge >= 0.3 is 0 Å². The van der Waals surface area contributed by atoms with Crippen LogP contribution in [0, 0.1) is 0 Å². The third kappa shape index (κ3) is 1.86. The number of benzene rings is 1. The number of hydrogen-bond acceptors (Lipinski definition) is 0. The van der Waals surface area contributed by atoms with E-state index in [1.807, 2.05) is 25.1 Å². The molecular formula is C10H12BrF. The number of halogens is 2. The Morgan fingerprint density at radius 3 is 2.25 bits per heavy atom. The zero-order valence-corrected chi connectivity index (χ0v) is 8.81. The molecule has 0 nitrogen and oxygen atoms in total. The van der Waals surface area contributed by atoms with E-state index in [9.17, 15) is 4.39 Å². The average molecular weight is 231 g/mol. The van der Waals surface area contributed by atoms with Gasteiger partial charge in [-0.05, 0) is 19.4 Å². The first-order chi connectivity index (χ1) is 5.55. The Balaban J connectivity index is 2.98. The molecule has 0 radical (unpaired) electrons. The van der Waals surface area contributed by atoms with Crippen molar-refractivity contribution < 1.29 is 4.39 Å². The SMILES string of the molecule is CC(Br)C(C)(F)c1ccccc1. The van der Waals surface area contributed by atoms with Gasteiger partial charge in [-0.25, -0.2) is 4.39 Å². The molecule has 0 N–H and O–H groups in total. The van der Waals surface area contributed by atoms with Gasteiger partial charge in [-0.3, -0.25) is 0 Å². The molecule has 0 saturated heterocycles. The van der Waals surface area contributed by atoms with Crippen molar-refractivity contribution in [1.82, 2.24) is 0 Å². The van der Waals surface area contributed by atoms with Gasteiger partial charge in [0.05, 0.1) is 0 Å². The third-order valence-electron chi connectivity index (χ3n) is 2.09. The Bertz CT molecular complexity index is 241. The molecule has 0 amide bonds.